The minimum Gasteiger partial charge on any atom is -0.481 e. The highest BCUT2D eigenvalue weighted by Crippen LogP contribution is 2.29. The van der Waals surface area contributed by atoms with E-state index in [9.17, 15) is 9.59 Å². The molecule has 122 valence electrons. The van der Waals surface area contributed by atoms with Crippen molar-refractivity contribution < 1.29 is 19.1 Å². The van der Waals surface area contributed by atoms with Gasteiger partial charge in [-0.2, -0.15) is 0 Å². The van der Waals surface area contributed by atoms with Gasteiger partial charge >= 0.3 is 5.97 Å². The van der Waals surface area contributed by atoms with Crippen LogP contribution in [0.1, 0.15) is 37.2 Å². The van der Waals surface area contributed by atoms with Crippen LogP contribution < -0.4 is 5.32 Å². The molecule has 1 aromatic carbocycles. The van der Waals surface area contributed by atoms with E-state index in [0.29, 0.717) is 22.8 Å². The van der Waals surface area contributed by atoms with Gasteiger partial charge in [0, 0.05) is 17.5 Å². The Balaban J connectivity index is 2.10. The van der Waals surface area contributed by atoms with E-state index in [2.05, 4.69) is 5.32 Å². The molecule has 1 amide bonds. The lowest BCUT2D eigenvalue weighted by atomic mass is 9.98. The van der Waals surface area contributed by atoms with Crippen molar-refractivity contribution in [2.24, 2.45) is 0 Å². The summed E-state index contributed by atoms with van der Waals surface area (Å²) in [5, 5.41) is 12.1. The number of amides is 1. The molecule has 0 aliphatic heterocycles. The summed E-state index contributed by atoms with van der Waals surface area (Å²) < 4.78 is 5.57. The smallest absolute Gasteiger partial charge is 0.303 e. The number of rotatable bonds is 6. The number of hydrogen-bond acceptors (Lipinski definition) is 3. The van der Waals surface area contributed by atoms with E-state index in [-0.39, 0.29) is 12.2 Å². The third kappa shape index (κ3) is 4.60. The summed E-state index contributed by atoms with van der Waals surface area (Å²) >= 11 is 6.11. The van der Waals surface area contributed by atoms with Crippen LogP contribution in [-0.2, 0) is 4.79 Å². The van der Waals surface area contributed by atoms with Gasteiger partial charge in [0.05, 0.1) is 5.02 Å². The summed E-state index contributed by atoms with van der Waals surface area (Å²) in [6.45, 7) is 3.54. The molecule has 0 aliphatic rings. The fraction of sp³-hybridized carbons (Fsp3) is 0.294. The van der Waals surface area contributed by atoms with Gasteiger partial charge in [0.1, 0.15) is 5.76 Å². The Morgan fingerprint density at radius 1 is 1.22 bits per heavy atom. The summed E-state index contributed by atoms with van der Waals surface area (Å²) in [5.74, 6) is -0.627. The van der Waals surface area contributed by atoms with Gasteiger partial charge in [0.15, 0.2) is 5.76 Å². The number of carbonyl (C=O) groups is 2. The fourth-order valence-electron chi connectivity index (χ4n) is 2.12. The van der Waals surface area contributed by atoms with Crippen molar-refractivity contribution in [2.45, 2.75) is 32.2 Å². The first kappa shape index (κ1) is 17.1. The van der Waals surface area contributed by atoms with E-state index in [1.165, 1.54) is 0 Å². The monoisotopic (exact) mass is 335 g/mol. The Hall–Kier alpha value is -2.27. The van der Waals surface area contributed by atoms with Gasteiger partial charge in [0.25, 0.3) is 5.91 Å². The molecule has 0 unspecified atom stereocenters. The number of furan rings is 1. The predicted octanol–water partition coefficient (Wildman–Crippen LogP) is 3.97. The van der Waals surface area contributed by atoms with Crippen molar-refractivity contribution in [3.05, 3.63) is 47.2 Å². The topological polar surface area (TPSA) is 79.5 Å². The molecule has 0 fully saturated rings. The van der Waals surface area contributed by atoms with Crippen molar-refractivity contribution in [3.63, 3.8) is 0 Å². The van der Waals surface area contributed by atoms with Crippen LogP contribution in [0.4, 0.5) is 0 Å². The van der Waals surface area contributed by atoms with Crippen molar-refractivity contribution in [1.82, 2.24) is 5.32 Å². The quantitative estimate of drug-likeness (QED) is 0.837. The van der Waals surface area contributed by atoms with Crippen molar-refractivity contribution in [3.8, 4) is 11.3 Å². The summed E-state index contributed by atoms with van der Waals surface area (Å²) in [6, 6.07) is 10.4. The van der Waals surface area contributed by atoms with Gasteiger partial charge in [-0.3, -0.25) is 9.59 Å². The highest BCUT2D eigenvalue weighted by atomic mass is 35.5. The maximum absolute atomic E-state index is 12.2. The summed E-state index contributed by atoms with van der Waals surface area (Å²) in [7, 11) is 0. The van der Waals surface area contributed by atoms with Crippen LogP contribution >= 0.6 is 11.6 Å². The minimum absolute atomic E-state index is 0.0176. The number of carbonyl (C=O) groups excluding carboxylic acids is 1. The third-order valence-electron chi connectivity index (χ3n) is 3.38. The Morgan fingerprint density at radius 3 is 2.57 bits per heavy atom. The molecule has 6 heteroatoms. The van der Waals surface area contributed by atoms with Crippen LogP contribution in [0.25, 0.3) is 11.3 Å². The Labute approximate surface area is 139 Å². The molecule has 2 rings (SSSR count). The number of halogens is 1. The van der Waals surface area contributed by atoms with E-state index in [0.717, 1.165) is 0 Å². The first-order chi connectivity index (χ1) is 10.8. The molecule has 0 radical (unpaired) electrons. The molecular formula is C17H18ClNO4. The second-order valence-corrected chi connectivity index (χ2v) is 6.28. The average molecular weight is 336 g/mol. The molecule has 0 saturated carbocycles. The Kier molecular flexibility index (Phi) is 5.11. The summed E-state index contributed by atoms with van der Waals surface area (Å²) in [4.78, 5) is 22.9. The zero-order valence-electron chi connectivity index (χ0n) is 12.9. The second kappa shape index (κ2) is 6.87. The SMILES string of the molecule is CC(C)(CCC(=O)O)NC(=O)c1ccc(-c2ccccc2Cl)o1. The number of carboxylic acid groups (broad SMARTS) is 1. The molecule has 1 heterocycles. The van der Waals surface area contributed by atoms with Crippen LogP contribution in [0.2, 0.25) is 5.02 Å². The minimum atomic E-state index is -0.897. The Bertz CT molecular complexity index is 721. The van der Waals surface area contributed by atoms with E-state index in [1.807, 2.05) is 12.1 Å². The maximum atomic E-state index is 12.2. The van der Waals surface area contributed by atoms with Crippen LogP contribution in [-0.4, -0.2) is 22.5 Å². The van der Waals surface area contributed by atoms with E-state index < -0.39 is 17.4 Å². The van der Waals surface area contributed by atoms with Gasteiger partial charge < -0.3 is 14.8 Å². The molecule has 2 N–H and O–H groups in total. The highest BCUT2D eigenvalue weighted by Gasteiger charge is 2.24. The molecule has 0 atom stereocenters. The Morgan fingerprint density at radius 2 is 1.91 bits per heavy atom. The lowest BCUT2D eigenvalue weighted by Gasteiger charge is -2.24. The fourth-order valence-corrected chi connectivity index (χ4v) is 2.35. The largest absolute Gasteiger partial charge is 0.481 e. The van der Waals surface area contributed by atoms with Crippen molar-refractivity contribution >= 4 is 23.5 Å². The summed E-state index contributed by atoms with van der Waals surface area (Å²) in [5.41, 5.74) is 0.0608. The summed E-state index contributed by atoms with van der Waals surface area (Å²) in [6.07, 6.45) is 0.308. The molecule has 5 nitrogen and oxygen atoms in total. The van der Waals surface area contributed by atoms with Crippen LogP contribution in [0.5, 0.6) is 0 Å². The first-order valence-corrected chi connectivity index (χ1v) is 7.55. The van der Waals surface area contributed by atoms with Crippen molar-refractivity contribution in [2.75, 3.05) is 0 Å². The molecule has 0 saturated heterocycles. The van der Waals surface area contributed by atoms with Gasteiger partial charge in [-0.25, -0.2) is 0 Å². The van der Waals surface area contributed by atoms with E-state index >= 15 is 0 Å². The molecule has 0 bridgehead atoms. The van der Waals surface area contributed by atoms with E-state index in [4.69, 9.17) is 21.1 Å². The first-order valence-electron chi connectivity index (χ1n) is 7.17. The lowest BCUT2D eigenvalue weighted by molar-refractivity contribution is -0.137. The van der Waals surface area contributed by atoms with Gasteiger partial charge in [-0.1, -0.05) is 23.7 Å². The lowest BCUT2D eigenvalue weighted by Crippen LogP contribution is -2.43. The molecule has 23 heavy (non-hydrogen) atoms. The van der Waals surface area contributed by atoms with Crippen LogP contribution in [0.3, 0.4) is 0 Å². The number of carboxylic acids is 1. The van der Waals surface area contributed by atoms with Gasteiger partial charge in [0.2, 0.25) is 0 Å². The zero-order chi connectivity index (χ0) is 17.0. The molecule has 2 aromatic rings. The van der Waals surface area contributed by atoms with E-state index in [1.54, 1.807) is 38.1 Å². The zero-order valence-corrected chi connectivity index (χ0v) is 13.7. The number of benzene rings is 1. The standard InChI is InChI=1S/C17H18ClNO4/c1-17(2,10-9-15(20)21)19-16(22)14-8-7-13(23-14)11-5-3-4-6-12(11)18/h3-8H,9-10H2,1-2H3,(H,19,22)(H,20,21). The average Bonchev–Trinajstić information content (AvgIpc) is 2.95. The predicted molar refractivity (Wildman–Crippen MR) is 87.6 cm³/mol. The molecular weight excluding hydrogens is 318 g/mol. The number of hydrogen-bond donors (Lipinski definition) is 2. The van der Waals surface area contributed by atoms with Gasteiger partial charge in [-0.15, -0.1) is 0 Å². The number of nitrogens with one attached hydrogen (secondary N) is 1. The second-order valence-electron chi connectivity index (χ2n) is 5.88. The molecule has 0 aliphatic carbocycles. The van der Waals surface area contributed by atoms with Gasteiger partial charge in [-0.05, 0) is 44.5 Å². The maximum Gasteiger partial charge on any atom is 0.303 e. The van der Waals surface area contributed by atoms with Crippen LogP contribution in [0.15, 0.2) is 40.8 Å². The van der Waals surface area contributed by atoms with Crippen LogP contribution in [0, 0.1) is 0 Å². The van der Waals surface area contributed by atoms with Crippen molar-refractivity contribution in [1.29, 1.82) is 0 Å². The molecule has 1 aromatic heterocycles. The number of aliphatic carboxylic acids is 1. The highest BCUT2D eigenvalue weighted by molar-refractivity contribution is 6.33. The molecule has 0 spiro atoms. The third-order valence-corrected chi connectivity index (χ3v) is 3.71. The normalized spacial score (nSPS) is 11.3.